The van der Waals surface area contributed by atoms with Gasteiger partial charge < -0.3 is 10.5 Å². The van der Waals surface area contributed by atoms with Crippen LogP contribution in [0.15, 0.2) is 24.3 Å². The number of aryl methyl sites for hydroxylation is 1. The van der Waals surface area contributed by atoms with Crippen molar-refractivity contribution in [2.45, 2.75) is 26.9 Å². The van der Waals surface area contributed by atoms with Crippen molar-refractivity contribution >= 4 is 5.82 Å². The summed E-state index contributed by atoms with van der Waals surface area (Å²) in [4.78, 5) is 8.22. The number of hydrogen-bond acceptors (Lipinski definition) is 4. The van der Waals surface area contributed by atoms with E-state index >= 15 is 0 Å². The summed E-state index contributed by atoms with van der Waals surface area (Å²) in [5, 5.41) is 0. The molecule has 100 valence electrons. The highest BCUT2D eigenvalue weighted by Gasteiger charge is 2.09. The molecular weight excluding hydrogens is 245 g/mol. The number of nitrogen functional groups attached to an aromatic ring is 1. The van der Waals surface area contributed by atoms with Crippen molar-refractivity contribution in [1.29, 1.82) is 0 Å². The van der Waals surface area contributed by atoms with Crippen LogP contribution in [0.2, 0.25) is 0 Å². The second-order valence-corrected chi connectivity index (χ2v) is 4.54. The highest BCUT2D eigenvalue weighted by molar-refractivity contribution is 5.62. The van der Waals surface area contributed by atoms with Crippen molar-refractivity contribution in [2.24, 2.45) is 0 Å². The molecule has 0 bridgehead atoms. The summed E-state index contributed by atoms with van der Waals surface area (Å²) in [6.45, 7) is 5.44. The minimum atomic E-state index is -0.416. The van der Waals surface area contributed by atoms with Crippen molar-refractivity contribution < 1.29 is 9.13 Å². The Balaban J connectivity index is 2.38. The van der Waals surface area contributed by atoms with E-state index in [4.69, 9.17) is 10.5 Å². The van der Waals surface area contributed by atoms with E-state index in [-0.39, 0.29) is 11.9 Å². The number of ether oxygens (including phenoxy) is 1. The average molecular weight is 261 g/mol. The van der Waals surface area contributed by atoms with Crippen molar-refractivity contribution in [3.8, 4) is 17.0 Å². The molecule has 4 nitrogen and oxygen atoms in total. The van der Waals surface area contributed by atoms with Gasteiger partial charge in [-0.25, -0.2) is 14.4 Å². The lowest BCUT2D eigenvalue weighted by Crippen LogP contribution is -2.07. The molecule has 0 aliphatic heterocycles. The van der Waals surface area contributed by atoms with Crippen molar-refractivity contribution in [3.05, 3.63) is 35.9 Å². The van der Waals surface area contributed by atoms with E-state index in [1.807, 2.05) is 13.8 Å². The van der Waals surface area contributed by atoms with Gasteiger partial charge in [-0.3, -0.25) is 0 Å². The van der Waals surface area contributed by atoms with Crippen LogP contribution in [-0.2, 0) is 0 Å². The summed E-state index contributed by atoms with van der Waals surface area (Å²) in [6, 6.07) is 6.35. The van der Waals surface area contributed by atoms with Gasteiger partial charge in [0, 0.05) is 11.6 Å². The average Bonchev–Trinajstić information content (AvgIpc) is 2.30. The number of hydrogen-bond donors (Lipinski definition) is 1. The maximum atomic E-state index is 13.9. The SMILES string of the molecule is Cc1nc(N)cc(-c2ccc(OC(C)C)c(F)c2)n1. The van der Waals surface area contributed by atoms with E-state index < -0.39 is 5.82 Å². The highest BCUT2D eigenvalue weighted by atomic mass is 19.1. The zero-order valence-electron chi connectivity index (χ0n) is 11.1. The number of nitrogens with two attached hydrogens (primary N) is 1. The predicted molar refractivity (Wildman–Crippen MR) is 72.3 cm³/mol. The third kappa shape index (κ3) is 3.19. The van der Waals surface area contributed by atoms with E-state index in [1.54, 1.807) is 25.1 Å². The van der Waals surface area contributed by atoms with E-state index in [0.717, 1.165) is 0 Å². The van der Waals surface area contributed by atoms with Crippen molar-refractivity contribution in [1.82, 2.24) is 9.97 Å². The summed E-state index contributed by atoms with van der Waals surface area (Å²) < 4.78 is 19.2. The van der Waals surface area contributed by atoms with E-state index in [1.165, 1.54) is 6.07 Å². The molecule has 1 aromatic carbocycles. The Hall–Kier alpha value is -2.17. The zero-order chi connectivity index (χ0) is 14.0. The Morgan fingerprint density at radius 3 is 2.53 bits per heavy atom. The van der Waals surface area contributed by atoms with Crippen molar-refractivity contribution in [2.75, 3.05) is 5.73 Å². The van der Waals surface area contributed by atoms with Crippen LogP contribution >= 0.6 is 0 Å². The van der Waals surface area contributed by atoms with Gasteiger partial charge >= 0.3 is 0 Å². The fraction of sp³-hybridized carbons (Fsp3) is 0.286. The minimum Gasteiger partial charge on any atom is -0.488 e. The first kappa shape index (κ1) is 13.3. The third-order valence-electron chi connectivity index (χ3n) is 2.45. The van der Waals surface area contributed by atoms with Crippen LogP contribution < -0.4 is 10.5 Å². The van der Waals surface area contributed by atoms with E-state index in [0.29, 0.717) is 22.9 Å². The molecule has 0 saturated heterocycles. The van der Waals surface area contributed by atoms with Crippen LogP contribution in [0.4, 0.5) is 10.2 Å². The van der Waals surface area contributed by atoms with Crippen LogP contribution in [0, 0.1) is 12.7 Å². The van der Waals surface area contributed by atoms with E-state index in [9.17, 15) is 4.39 Å². The van der Waals surface area contributed by atoms with Gasteiger partial charge in [-0.1, -0.05) is 0 Å². The first-order valence-electron chi connectivity index (χ1n) is 6.03. The van der Waals surface area contributed by atoms with E-state index in [2.05, 4.69) is 9.97 Å². The monoisotopic (exact) mass is 261 g/mol. The third-order valence-corrected chi connectivity index (χ3v) is 2.45. The Morgan fingerprint density at radius 1 is 1.21 bits per heavy atom. The Bertz CT molecular complexity index is 579. The quantitative estimate of drug-likeness (QED) is 0.922. The Labute approximate surface area is 111 Å². The Kier molecular flexibility index (Phi) is 3.64. The second-order valence-electron chi connectivity index (χ2n) is 4.54. The molecule has 0 radical (unpaired) electrons. The van der Waals surface area contributed by atoms with Gasteiger partial charge in [0.1, 0.15) is 11.6 Å². The standard InChI is InChI=1S/C14H16FN3O/c1-8(2)19-13-5-4-10(6-11(13)15)12-7-14(16)18-9(3)17-12/h4-8H,1-3H3,(H2,16,17,18). The Morgan fingerprint density at radius 2 is 1.95 bits per heavy atom. The van der Waals surface area contributed by atoms with Crippen LogP contribution in [0.25, 0.3) is 11.3 Å². The number of nitrogens with zero attached hydrogens (tertiary/aromatic N) is 2. The molecule has 1 aromatic heterocycles. The van der Waals surface area contributed by atoms with Crippen LogP contribution in [0.5, 0.6) is 5.75 Å². The molecule has 2 rings (SSSR count). The molecule has 0 aliphatic rings. The van der Waals surface area contributed by atoms with Gasteiger partial charge in [0.05, 0.1) is 11.8 Å². The van der Waals surface area contributed by atoms with Crippen LogP contribution in [0.1, 0.15) is 19.7 Å². The first-order chi connectivity index (χ1) is 8.95. The van der Waals surface area contributed by atoms with Gasteiger partial charge in [-0.2, -0.15) is 0 Å². The number of aromatic nitrogens is 2. The molecule has 0 saturated carbocycles. The molecule has 2 N–H and O–H groups in total. The maximum Gasteiger partial charge on any atom is 0.165 e. The summed E-state index contributed by atoms with van der Waals surface area (Å²) in [6.07, 6.45) is -0.0720. The lowest BCUT2D eigenvalue weighted by molar-refractivity contribution is 0.231. The van der Waals surface area contributed by atoms with Crippen LogP contribution in [-0.4, -0.2) is 16.1 Å². The molecule has 0 atom stereocenters. The van der Waals surface area contributed by atoms with Crippen LogP contribution in [0.3, 0.4) is 0 Å². The predicted octanol–water partition coefficient (Wildman–Crippen LogP) is 2.96. The number of anilines is 1. The molecule has 2 aromatic rings. The lowest BCUT2D eigenvalue weighted by Gasteiger charge is -2.11. The number of benzene rings is 1. The fourth-order valence-corrected chi connectivity index (χ4v) is 1.75. The fourth-order valence-electron chi connectivity index (χ4n) is 1.75. The second kappa shape index (κ2) is 5.22. The van der Waals surface area contributed by atoms with Crippen molar-refractivity contribution in [3.63, 3.8) is 0 Å². The minimum absolute atomic E-state index is 0.0720. The molecular formula is C14H16FN3O. The first-order valence-corrected chi connectivity index (χ1v) is 6.03. The molecule has 19 heavy (non-hydrogen) atoms. The molecule has 1 heterocycles. The number of rotatable bonds is 3. The summed E-state index contributed by atoms with van der Waals surface area (Å²) in [7, 11) is 0. The molecule has 0 unspecified atom stereocenters. The molecule has 5 heteroatoms. The lowest BCUT2D eigenvalue weighted by atomic mass is 10.1. The highest BCUT2D eigenvalue weighted by Crippen LogP contribution is 2.25. The molecule has 0 amide bonds. The maximum absolute atomic E-state index is 13.9. The molecule has 0 spiro atoms. The topological polar surface area (TPSA) is 61.0 Å². The summed E-state index contributed by atoms with van der Waals surface area (Å²) in [5.41, 5.74) is 6.90. The van der Waals surface area contributed by atoms with Gasteiger partial charge in [0.2, 0.25) is 0 Å². The van der Waals surface area contributed by atoms with Gasteiger partial charge in [0.15, 0.2) is 11.6 Å². The number of halogens is 1. The van der Waals surface area contributed by atoms with Gasteiger partial charge in [0.25, 0.3) is 0 Å². The van der Waals surface area contributed by atoms with Gasteiger partial charge in [-0.15, -0.1) is 0 Å². The smallest absolute Gasteiger partial charge is 0.165 e. The largest absolute Gasteiger partial charge is 0.488 e. The normalized spacial score (nSPS) is 10.8. The van der Waals surface area contributed by atoms with Gasteiger partial charge in [-0.05, 0) is 39.0 Å². The zero-order valence-corrected chi connectivity index (χ0v) is 11.1. The molecule has 0 fully saturated rings. The summed E-state index contributed by atoms with van der Waals surface area (Å²) >= 11 is 0. The molecule has 0 aliphatic carbocycles. The summed E-state index contributed by atoms with van der Waals surface area (Å²) in [5.74, 6) is 0.738.